The molecule has 1 saturated heterocycles. The molecule has 3 rings (SSSR count). The normalized spacial score (nSPS) is 22.2. The number of amides is 2. The average molecular weight is 440 g/mol. The lowest BCUT2D eigenvalue weighted by molar-refractivity contribution is -0.133. The Morgan fingerprint density at radius 3 is 2.47 bits per heavy atom. The van der Waals surface area contributed by atoms with Crippen LogP contribution in [0.15, 0.2) is 29.2 Å². The van der Waals surface area contributed by atoms with Gasteiger partial charge in [-0.1, -0.05) is 20.3 Å². The van der Waals surface area contributed by atoms with Gasteiger partial charge in [-0.15, -0.1) is 0 Å². The van der Waals surface area contributed by atoms with E-state index in [-0.39, 0.29) is 35.2 Å². The summed E-state index contributed by atoms with van der Waals surface area (Å²) in [6, 6.07) is 4.25. The van der Waals surface area contributed by atoms with Gasteiger partial charge in [0.2, 0.25) is 21.8 Å². The highest BCUT2D eigenvalue weighted by atomic mass is 32.2. The van der Waals surface area contributed by atoms with Crippen molar-refractivity contribution >= 4 is 21.8 Å². The molecule has 0 aromatic heterocycles. The minimum absolute atomic E-state index is 0.00579. The molecule has 2 amide bonds. The Morgan fingerprint density at radius 1 is 1.20 bits per heavy atom. The van der Waals surface area contributed by atoms with Crippen molar-refractivity contribution in [2.75, 3.05) is 13.1 Å². The van der Waals surface area contributed by atoms with Gasteiger partial charge in [-0.2, -0.15) is 4.31 Å². The largest absolute Gasteiger partial charge is 0.352 e. The molecule has 1 aromatic carbocycles. The fourth-order valence-electron chi connectivity index (χ4n) is 3.62. The molecule has 9 heteroatoms. The van der Waals surface area contributed by atoms with Crippen molar-refractivity contribution in [2.24, 2.45) is 11.8 Å². The Balaban J connectivity index is 1.67. The molecule has 1 aliphatic heterocycles. The first-order valence-corrected chi connectivity index (χ1v) is 12.0. The molecule has 1 heterocycles. The van der Waals surface area contributed by atoms with Crippen LogP contribution in [0.5, 0.6) is 0 Å². The number of carbonyl (C=O) groups excluding carboxylic acids is 2. The first-order valence-electron chi connectivity index (χ1n) is 10.6. The number of nitrogens with one attached hydrogen (secondary N) is 2. The van der Waals surface area contributed by atoms with Crippen LogP contribution in [0.1, 0.15) is 46.0 Å². The van der Waals surface area contributed by atoms with Crippen LogP contribution < -0.4 is 10.6 Å². The summed E-state index contributed by atoms with van der Waals surface area (Å²) in [7, 11) is -3.81. The maximum absolute atomic E-state index is 13.2. The van der Waals surface area contributed by atoms with Gasteiger partial charge in [-0.05, 0) is 55.9 Å². The number of nitrogens with zero attached hydrogens (tertiary/aromatic N) is 1. The number of hydrogen-bond donors (Lipinski definition) is 2. The van der Waals surface area contributed by atoms with Crippen molar-refractivity contribution in [1.82, 2.24) is 14.9 Å². The van der Waals surface area contributed by atoms with Crippen molar-refractivity contribution < 1.29 is 22.4 Å². The summed E-state index contributed by atoms with van der Waals surface area (Å²) in [6.07, 6.45) is 3.76. The molecule has 2 N–H and O–H groups in total. The van der Waals surface area contributed by atoms with Crippen molar-refractivity contribution in [1.29, 1.82) is 0 Å². The molecule has 1 saturated carbocycles. The van der Waals surface area contributed by atoms with E-state index in [1.807, 2.05) is 13.8 Å². The fourth-order valence-corrected chi connectivity index (χ4v) is 5.15. The molecular weight excluding hydrogens is 409 g/mol. The van der Waals surface area contributed by atoms with E-state index < -0.39 is 27.8 Å². The fraction of sp³-hybridized carbons (Fsp3) is 0.619. The van der Waals surface area contributed by atoms with Crippen LogP contribution >= 0.6 is 0 Å². The quantitative estimate of drug-likeness (QED) is 0.648. The lowest BCUT2D eigenvalue weighted by Gasteiger charge is -2.32. The van der Waals surface area contributed by atoms with E-state index in [1.54, 1.807) is 0 Å². The predicted molar refractivity (Wildman–Crippen MR) is 110 cm³/mol. The molecule has 0 bridgehead atoms. The second-order valence-electron chi connectivity index (χ2n) is 8.31. The van der Waals surface area contributed by atoms with E-state index in [9.17, 15) is 22.4 Å². The van der Waals surface area contributed by atoms with Gasteiger partial charge in [0.05, 0.1) is 10.8 Å². The molecule has 30 heavy (non-hydrogen) atoms. The molecule has 0 unspecified atom stereocenters. The molecular formula is C21H30FN3O4S. The smallest absolute Gasteiger partial charge is 0.243 e. The SMILES string of the molecule is CC[C@H](C)[C@H](NC(=O)[C@H]1CCCN(S(=O)(=O)c2ccc(F)cc2)C1)C(=O)NC1CC1. The van der Waals surface area contributed by atoms with Gasteiger partial charge in [0.1, 0.15) is 11.9 Å². The monoisotopic (exact) mass is 439 g/mol. The minimum atomic E-state index is -3.81. The van der Waals surface area contributed by atoms with Gasteiger partial charge >= 0.3 is 0 Å². The Labute approximate surface area is 177 Å². The molecule has 1 aliphatic carbocycles. The lowest BCUT2D eigenvalue weighted by atomic mass is 9.95. The second-order valence-corrected chi connectivity index (χ2v) is 10.2. The maximum Gasteiger partial charge on any atom is 0.243 e. The molecule has 0 radical (unpaired) electrons. The number of rotatable bonds is 8. The van der Waals surface area contributed by atoms with E-state index in [0.29, 0.717) is 19.4 Å². The lowest BCUT2D eigenvalue weighted by Crippen LogP contribution is -2.54. The van der Waals surface area contributed by atoms with E-state index in [2.05, 4.69) is 10.6 Å². The molecule has 1 aromatic rings. The van der Waals surface area contributed by atoms with Crippen LogP contribution in [-0.2, 0) is 19.6 Å². The summed E-state index contributed by atoms with van der Waals surface area (Å²) in [5.74, 6) is -1.55. The van der Waals surface area contributed by atoms with Crippen LogP contribution in [0.2, 0.25) is 0 Å². The van der Waals surface area contributed by atoms with E-state index >= 15 is 0 Å². The van der Waals surface area contributed by atoms with Crippen LogP contribution in [0.4, 0.5) is 4.39 Å². The third kappa shape index (κ3) is 5.37. The van der Waals surface area contributed by atoms with Crippen LogP contribution in [0, 0.1) is 17.7 Å². The van der Waals surface area contributed by atoms with Crippen molar-refractivity contribution in [2.45, 2.75) is 62.9 Å². The highest BCUT2D eigenvalue weighted by Gasteiger charge is 2.36. The molecule has 7 nitrogen and oxygen atoms in total. The maximum atomic E-state index is 13.2. The second kappa shape index (κ2) is 9.43. The van der Waals surface area contributed by atoms with E-state index in [0.717, 1.165) is 31.4 Å². The van der Waals surface area contributed by atoms with Crippen LogP contribution in [0.3, 0.4) is 0 Å². The number of benzene rings is 1. The summed E-state index contributed by atoms with van der Waals surface area (Å²) in [6.45, 7) is 4.24. The number of carbonyl (C=O) groups is 2. The molecule has 2 fully saturated rings. The van der Waals surface area contributed by atoms with Gasteiger partial charge in [-0.3, -0.25) is 9.59 Å². The zero-order valence-electron chi connectivity index (χ0n) is 17.4. The number of sulfonamides is 1. The van der Waals surface area contributed by atoms with Gasteiger partial charge in [-0.25, -0.2) is 12.8 Å². The van der Waals surface area contributed by atoms with E-state index in [1.165, 1.54) is 16.4 Å². The summed E-state index contributed by atoms with van der Waals surface area (Å²) in [5.41, 5.74) is 0. The van der Waals surface area contributed by atoms with Crippen molar-refractivity contribution in [3.8, 4) is 0 Å². The number of piperidine rings is 1. The average Bonchev–Trinajstić information content (AvgIpc) is 3.55. The standard InChI is InChI=1S/C21H30FN3O4S/c1-3-14(2)19(21(27)23-17-8-9-17)24-20(26)15-5-4-12-25(13-15)30(28,29)18-10-6-16(22)7-11-18/h6-7,10-11,14-15,17,19H,3-5,8-9,12-13H2,1-2H3,(H,23,27)(H,24,26)/t14-,15-,19-/m0/s1. The number of halogens is 1. The zero-order chi connectivity index (χ0) is 21.9. The highest BCUT2D eigenvalue weighted by molar-refractivity contribution is 7.89. The van der Waals surface area contributed by atoms with E-state index in [4.69, 9.17) is 0 Å². The molecule has 3 atom stereocenters. The number of hydrogen-bond acceptors (Lipinski definition) is 4. The summed E-state index contributed by atoms with van der Waals surface area (Å²) >= 11 is 0. The third-order valence-corrected chi connectivity index (χ3v) is 7.80. The molecule has 2 aliphatic rings. The first kappa shape index (κ1) is 22.7. The summed E-state index contributed by atoms with van der Waals surface area (Å²) in [5, 5.41) is 5.81. The third-order valence-electron chi connectivity index (χ3n) is 5.92. The van der Waals surface area contributed by atoms with Gasteiger partial charge in [0.25, 0.3) is 0 Å². The van der Waals surface area contributed by atoms with Gasteiger partial charge in [0.15, 0.2) is 0 Å². The Bertz CT molecular complexity index is 871. The molecule has 166 valence electrons. The Kier molecular flexibility index (Phi) is 7.13. The zero-order valence-corrected chi connectivity index (χ0v) is 18.3. The predicted octanol–water partition coefficient (Wildman–Crippen LogP) is 2.04. The van der Waals surface area contributed by atoms with Gasteiger partial charge in [0, 0.05) is 19.1 Å². The Hall–Kier alpha value is -2.00. The summed E-state index contributed by atoms with van der Waals surface area (Å²) in [4.78, 5) is 25.5. The van der Waals surface area contributed by atoms with Gasteiger partial charge < -0.3 is 10.6 Å². The van der Waals surface area contributed by atoms with Crippen LogP contribution in [-0.4, -0.2) is 49.7 Å². The summed E-state index contributed by atoms with van der Waals surface area (Å²) < 4.78 is 40.2. The Morgan fingerprint density at radius 2 is 1.87 bits per heavy atom. The van der Waals surface area contributed by atoms with Crippen molar-refractivity contribution in [3.63, 3.8) is 0 Å². The topological polar surface area (TPSA) is 95.6 Å². The highest BCUT2D eigenvalue weighted by Crippen LogP contribution is 2.25. The minimum Gasteiger partial charge on any atom is -0.352 e. The first-order chi connectivity index (χ1) is 14.2. The molecule has 0 spiro atoms. The van der Waals surface area contributed by atoms with Crippen LogP contribution in [0.25, 0.3) is 0 Å². The van der Waals surface area contributed by atoms with Crippen molar-refractivity contribution in [3.05, 3.63) is 30.1 Å².